The van der Waals surface area contributed by atoms with Crippen LogP contribution >= 0.6 is 0 Å². The molecule has 1 fully saturated rings. The molecule has 2 amide bonds. The number of benzene rings is 1. The molecule has 1 aromatic carbocycles. The molecule has 0 saturated carbocycles. The lowest BCUT2D eigenvalue weighted by molar-refractivity contribution is -0.135. The third kappa shape index (κ3) is 5.48. The monoisotopic (exact) mass is 360 g/mol. The maximum Gasteiger partial charge on any atom is 0.260 e. The van der Waals surface area contributed by atoms with Gasteiger partial charge in [-0.2, -0.15) is 0 Å². The summed E-state index contributed by atoms with van der Waals surface area (Å²) in [6.45, 7) is 11.8. The Kier molecular flexibility index (Phi) is 6.68. The first-order valence-electron chi connectivity index (χ1n) is 9.43. The van der Waals surface area contributed by atoms with Crippen molar-refractivity contribution < 1.29 is 14.3 Å². The number of nitrogens with zero attached hydrogens (tertiary/aromatic N) is 1. The maximum absolute atomic E-state index is 12.6. The van der Waals surface area contributed by atoms with Crippen molar-refractivity contribution in [3.63, 3.8) is 0 Å². The number of rotatable bonds is 5. The molecule has 0 bridgehead atoms. The predicted molar refractivity (Wildman–Crippen MR) is 103 cm³/mol. The zero-order valence-corrected chi connectivity index (χ0v) is 16.7. The summed E-state index contributed by atoms with van der Waals surface area (Å²) < 4.78 is 5.80. The standard InChI is InChI=1S/C21H32N2O3/c1-15-8-6-9-16(2)19(15)26-14-18(24)23-11-7-10-17(13-23)12-22-20(25)21(3,4)5/h6,8-9,17H,7,10-14H2,1-5H3,(H,22,25). The molecule has 0 aliphatic carbocycles. The molecule has 1 aliphatic rings. The second kappa shape index (κ2) is 8.56. The summed E-state index contributed by atoms with van der Waals surface area (Å²) in [5.41, 5.74) is 1.70. The molecule has 0 spiro atoms. The van der Waals surface area contributed by atoms with Crippen LogP contribution in [0.2, 0.25) is 0 Å². The Morgan fingerprint density at radius 2 is 1.88 bits per heavy atom. The lowest BCUT2D eigenvalue weighted by atomic mass is 9.94. The van der Waals surface area contributed by atoms with Gasteiger partial charge in [-0.25, -0.2) is 0 Å². The second-order valence-corrected chi connectivity index (χ2v) is 8.32. The van der Waals surface area contributed by atoms with Crippen molar-refractivity contribution >= 4 is 11.8 Å². The predicted octanol–water partition coefficient (Wildman–Crippen LogP) is 3.08. The summed E-state index contributed by atoms with van der Waals surface area (Å²) in [4.78, 5) is 26.5. The van der Waals surface area contributed by atoms with Crippen LogP contribution in [0.3, 0.4) is 0 Å². The first-order valence-corrected chi connectivity index (χ1v) is 9.43. The van der Waals surface area contributed by atoms with Gasteiger partial charge in [0.2, 0.25) is 5.91 Å². The number of ether oxygens (including phenoxy) is 1. The van der Waals surface area contributed by atoms with E-state index in [0.29, 0.717) is 19.0 Å². The highest BCUT2D eigenvalue weighted by molar-refractivity contribution is 5.81. The highest BCUT2D eigenvalue weighted by atomic mass is 16.5. The van der Waals surface area contributed by atoms with Crippen LogP contribution in [0, 0.1) is 25.2 Å². The third-order valence-electron chi connectivity index (χ3n) is 4.85. The van der Waals surface area contributed by atoms with Gasteiger partial charge in [0.15, 0.2) is 6.61 Å². The summed E-state index contributed by atoms with van der Waals surface area (Å²) in [6.07, 6.45) is 2.00. The van der Waals surface area contributed by atoms with Gasteiger partial charge in [0.05, 0.1) is 0 Å². The number of nitrogens with one attached hydrogen (secondary N) is 1. The highest BCUT2D eigenvalue weighted by Crippen LogP contribution is 2.23. The number of carbonyl (C=O) groups excluding carboxylic acids is 2. The van der Waals surface area contributed by atoms with E-state index in [1.54, 1.807) is 0 Å². The van der Waals surface area contributed by atoms with Crippen molar-refractivity contribution in [2.45, 2.75) is 47.5 Å². The Labute approximate surface area is 157 Å². The minimum Gasteiger partial charge on any atom is -0.483 e. The van der Waals surface area contributed by atoms with E-state index in [-0.39, 0.29) is 23.8 Å². The van der Waals surface area contributed by atoms with Crippen molar-refractivity contribution in [3.8, 4) is 5.75 Å². The van der Waals surface area contributed by atoms with Crippen molar-refractivity contribution in [1.29, 1.82) is 0 Å². The van der Waals surface area contributed by atoms with E-state index in [2.05, 4.69) is 5.32 Å². The smallest absolute Gasteiger partial charge is 0.260 e. The maximum atomic E-state index is 12.6. The highest BCUT2D eigenvalue weighted by Gasteiger charge is 2.26. The lowest BCUT2D eigenvalue weighted by Gasteiger charge is -2.33. The van der Waals surface area contributed by atoms with Gasteiger partial charge in [-0.05, 0) is 43.7 Å². The van der Waals surface area contributed by atoms with E-state index in [1.165, 1.54) is 0 Å². The van der Waals surface area contributed by atoms with Crippen LogP contribution in [0.1, 0.15) is 44.7 Å². The Hall–Kier alpha value is -2.04. The van der Waals surface area contributed by atoms with Crippen LogP contribution in [-0.2, 0) is 9.59 Å². The fraction of sp³-hybridized carbons (Fsp3) is 0.619. The number of para-hydroxylation sites is 1. The number of hydrogen-bond acceptors (Lipinski definition) is 3. The first kappa shape index (κ1) is 20.3. The van der Waals surface area contributed by atoms with Crippen LogP contribution in [0.15, 0.2) is 18.2 Å². The molecule has 1 aromatic rings. The molecule has 1 N–H and O–H groups in total. The van der Waals surface area contributed by atoms with Crippen molar-refractivity contribution in [2.75, 3.05) is 26.2 Å². The fourth-order valence-corrected chi connectivity index (χ4v) is 3.21. The SMILES string of the molecule is Cc1cccc(C)c1OCC(=O)N1CCCC(CNC(=O)C(C)(C)C)C1. The summed E-state index contributed by atoms with van der Waals surface area (Å²) in [5.74, 6) is 1.17. The van der Waals surface area contributed by atoms with Crippen molar-refractivity contribution in [2.24, 2.45) is 11.3 Å². The quantitative estimate of drug-likeness (QED) is 0.878. The number of carbonyl (C=O) groups is 2. The van der Waals surface area contributed by atoms with Gasteiger partial charge in [-0.15, -0.1) is 0 Å². The van der Waals surface area contributed by atoms with Crippen molar-refractivity contribution in [3.05, 3.63) is 29.3 Å². The molecule has 0 aromatic heterocycles. The van der Waals surface area contributed by atoms with Crippen molar-refractivity contribution in [1.82, 2.24) is 10.2 Å². The number of piperidine rings is 1. The van der Waals surface area contributed by atoms with Gasteiger partial charge in [-0.3, -0.25) is 9.59 Å². The lowest BCUT2D eigenvalue weighted by Crippen LogP contribution is -2.46. The topological polar surface area (TPSA) is 58.6 Å². The van der Waals surface area contributed by atoms with Crippen LogP contribution in [0.4, 0.5) is 0 Å². The summed E-state index contributed by atoms with van der Waals surface area (Å²) in [5, 5.41) is 3.02. The molecule has 1 atom stereocenters. The Bertz CT molecular complexity index is 629. The average Bonchev–Trinajstić information content (AvgIpc) is 2.58. The van der Waals surface area contributed by atoms with E-state index >= 15 is 0 Å². The third-order valence-corrected chi connectivity index (χ3v) is 4.85. The van der Waals surface area contributed by atoms with Gasteiger partial charge in [0.25, 0.3) is 5.91 Å². The molecule has 2 rings (SSSR count). The molecule has 144 valence electrons. The van der Waals surface area contributed by atoms with E-state index < -0.39 is 0 Å². The van der Waals surface area contributed by atoms with Crippen LogP contribution in [-0.4, -0.2) is 43.0 Å². The normalized spacial score (nSPS) is 17.7. The second-order valence-electron chi connectivity index (χ2n) is 8.32. The van der Waals surface area contributed by atoms with Gasteiger partial charge >= 0.3 is 0 Å². The largest absolute Gasteiger partial charge is 0.483 e. The zero-order chi connectivity index (χ0) is 19.3. The van der Waals surface area contributed by atoms with E-state index in [0.717, 1.165) is 36.3 Å². The zero-order valence-electron chi connectivity index (χ0n) is 16.7. The van der Waals surface area contributed by atoms with Crippen LogP contribution in [0.5, 0.6) is 5.75 Å². The molecule has 1 saturated heterocycles. The molecule has 1 unspecified atom stereocenters. The summed E-state index contributed by atoms with van der Waals surface area (Å²) in [6, 6.07) is 5.96. The minimum absolute atomic E-state index is 0.0134. The fourth-order valence-electron chi connectivity index (χ4n) is 3.21. The minimum atomic E-state index is -0.385. The molecule has 5 heteroatoms. The molecular formula is C21H32N2O3. The number of amides is 2. The van der Waals surface area contributed by atoms with Gasteiger partial charge in [0, 0.05) is 25.0 Å². The molecular weight excluding hydrogens is 328 g/mol. The summed E-state index contributed by atoms with van der Waals surface area (Å²) >= 11 is 0. The first-order chi connectivity index (χ1) is 12.2. The average molecular weight is 360 g/mol. The van der Waals surface area contributed by atoms with E-state index in [4.69, 9.17) is 4.74 Å². The Morgan fingerprint density at radius 3 is 2.50 bits per heavy atom. The molecule has 5 nitrogen and oxygen atoms in total. The van der Waals surface area contributed by atoms with Gasteiger partial charge in [0.1, 0.15) is 5.75 Å². The Morgan fingerprint density at radius 1 is 1.23 bits per heavy atom. The molecule has 26 heavy (non-hydrogen) atoms. The van der Waals surface area contributed by atoms with Gasteiger partial charge < -0.3 is 15.0 Å². The van der Waals surface area contributed by atoms with Crippen LogP contribution < -0.4 is 10.1 Å². The molecule has 0 radical (unpaired) electrons. The Balaban J connectivity index is 1.84. The van der Waals surface area contributed by atoms with E-state index in [1.807, 2.05) is 57.7 Å². The number of aryl methyl sites for hydroxylation is 2. The van der Waals surface area contributed by atoms with Crippen LogP contribution in [0.25, 0.3) is 0 Å². The molecule has 1 aliphatic heterocycles. The van der Waals surface area contributed by atoms with E-state index in [9.17, 15) is 9.59 Å². The number of likely N-dealkylation sites (tertiary alicyclic amines) is 1. The van der Waals surface area contributed by atoms with Gasteiger partial charge in [-0.1, -0.05) is 39.0 Å². The molecule has 1 heterocycles. The summed E-state index contributed by atoms with van der Waals surface area (Å²) in [7, 11) is 0. The number of hydrogen-bond donors (Lipinski definition) is 1.